The number of hydrogen-bond donors (Lipinski definition) is 1. The average Bonchev–Trinajstić information content (AvgIpc) is 2.63. The number of rotatable bonds is 4. The van der Waals surface area contributed by atoms with E-state index in [1.807, 2.05) is 41.3 Å². The maximum Gasteiger partial charge on any atom is 0.321 e. The molecule has 0 unspecified atom stereocenters. The van der Waals surface area contributed by atoms with E-state index >= 15 is 0 Å². The third kappa shape index (κ3) is 5.44. The van der Waals surface area contributed by atoms with Crippen LogP contribution in [0.4, 0.5) is 4.79 Å². The van der Waals surface area contributed by atoms with Gasteiger partial charge in [-0.05, 0) is 29.3 Å². The standard InChI is InChI=1S/C20H22BrN3O/c21-19-8-4-7-17(15-19)9-10-22-20(25)24-13-11-23(12-14-24)16-18-5-2-1-3-6-18/h1-10,15H,11-14,16H2,(H,22,25)/b10-9+. The van der Waals surface area contributed by atoms with E-state index in [0.29, 0.717) is 0 Å². The summed E-state index contributed by atoms with van der Waals surface area (Å²) in [7, 11) is 0. The van der Waals surface area contributed by atoms with Crippen LogP contribution in [0.2, 0.25) is 0 Å². The Morgan fingerprint density at radius 3 is 2.52 bits per heavy atom. The molecule has 0 spiro atoms. The van der Waals surface area contributed by atoms with Crippen molar-refractivity contribution in [2.24, 2.45) is 0 Å². The van der Waals surface area contributed by atoms with Crippen LogP contribution in [0.5, 0.6) is 0 Å². The maximum atomic E-state index is 12.3. The SMILES string of the molecule is O=C(N/C=C/c1cccc(Br)c1)N1CCN(Cc2ccccc2)CC1. The molecule has 2 amide bonds. The predicted octanol–water partition coefficient (Wildman–Crippen LogP) is 3.95. The van der Waals surface area contributed by atoms with Crippen molar-refractivity contribution >= 4 is 28.0 Å². The number of halogens is 1. The van der Waals surface area contributed by atoms with Gasteiger partial charge in [0.25, 0.3) is 0 Å². The van der Waals surface area contributed by atoms with Gasteiger partial charge in [0.1, 0.15) is 0 Å². The highest BCUT2D eigenvalue weighted by atomic mass is 79.9. The summed E-state index contributed by atoms with van der Waals surface area (Å²) in [5.74, 6) is 0. The predicted molar refractivity (Wildman–Crippen MR) is 105 cm³/mol. The fourth-order valence-corrected chi connectivity index (χ4v) is 3.28. The molecule has 1 aliphatic heterocycles. The zero-order valence-corrected chi connectivity index (χ0v) is 15.7. The highest BCUT2D eigenvalue weighted by Gasteiger charge is 2.20. The van der Waals surface area contributed by atoms with Crippen molar-refractivity contribution in [1.82, 2.24) is 15.1 Å². The van der Waals surface area contributed by atoms with Gasteiger partial charge in [0.15, 0.2) is 0 Å². The van der Waals surface area contributed by atoms with Gasteiger partial charge in [-0.1, -0.05) is 58.4 Å². The van der Waals surface area contributed by atoms with E-state index in [9.17, 15) is 4.79 Å². The van der Waals surface area contributed by atoms with E-state index in [2.05, 4.69) is 50.4 Å². The molecule has 4 nitrogen and oxygen atoms in total. The molecule has 130 valence electrons. The summed E-state index contributed by atoms with van der Waals surface area (Å²) in [5.41, 5.74) is 2.36. The van der Waals surface area contributed by atoms with Crippen LogP contribution in [-0.2, 0) is 6.54 Å². The number of hydrogen-bond acceptors (Lipinski definition) is 2. The Labute approximate surface area is 157 Å². The molecule has 0 atom stereocenters. The maximum absolute atomic E-state index is 12.3. The van der Waals surface area contributed by atoms with Gasteiger partial charge in [-0.3, -0.25) is 4.90 Å². The summed E-state index contributed by atoms with van der Waals surface area (Å²) in [6.07, 6.45) is 3.61. The van der Waals surface area contributed by atoms with Crippen LogP contribution in [0.3, 0.4) is 0 Å². The zero-order valence-electron chi connectivity index (χ0n) is 14.1. The van der Waals surface area contributed by atoms with Gasteiger partial charge in [-0.15, -0.1) is 0 Å². The van der Waals surface area contributed by atoms with Crippen molar-refractivity contribution < 1.29 is 4.79 Å². The Kier molecular flexibility index (Phi) is 6.25. The van der Waals surface area contributed by atoms with E-state index in [1.165, 1.54) is 5.56 Å². The van der Waals surface area contributed by atoms with E-state index < -0.39 is 0 Å². The minimum Gasteiger partial charge on any atom is -0.322 e. The Bertz CT molecular complexity index is 725. The Morgan fingerprint density at radius 1 is 1.04 bits per heavy atom. The number of urea groups is 1. The quantitative estimate of drug-likeness (QED) is 0.844. The lowest BCUT2D eigenvalue weighted by Crippen LogP contribution is -2.50. The summed E-state index contributed by atoms with van der Waals surface area (Å²) in [4.78, 5) is 16.5. The molecule has 25 heavy (non-hydrogen) atoms. The van der Waals surface area contributed by atoms with Crippen LogP contribution in [0.15, 0.2) is 65.3 Å². The number of nitrogens with one attached hydrogen (secondary N) is 1. The van der Waals surface area contributed by atoms with Gasteiger partial charge in [0.2, 0.25) is 0 Å². The van der Waals surface area contributed by atoms with E-state index in [1.54, 1.807) is 6.20 Å². The number of nitrogens with zero attached hydrogens (tertiary/aromatic N) is 2. The van der Waals surface area contributed by atoms with Gasteiger partial charge < -0.3 is 10.2 Å². The second kappa shape index (κ2) is 8.83. The zero-order chi connectivity index (χ0) is 17.5. The topological polar surface area (TPSA) is 35.6 Å². The molecule has 1 saturated heterocycles. The summed E-state index contributed by atoms with van der Waals surface area (Å²) in [6.45, 7) is 4.25. The highest BCUT2D eigenvalue weighted by molar-refractivity contribution is 9.10. The van der Waals surface area contributed by atoms with Crippen molar-refractivity contribution in [3.63, 3.8) is 0 Å². The molecule has 1 fully saturated rings. The minimum atomic E-state index is -0.0365. The Hall–Kier alpha value is -2.11. The molecule has 1 aliphatic rings. The third-order valence-electron chi connectivity index (χ3n) is 4.24. The first-order valence-electron chi connectivity index (χ1n) is 8.44. The van der Waals surface area contributed by atoms with Crippen molar-refractivity contribution in [3.8, 4) is 0 Å². The summed E-state index contributed by atoms with van der Waals surface area (Å²) in [5, 5.41) is 2.86. The molecule has 2 aromatic carbocycles. The summed E-state index contributed by atoms with van der Waals surface area (Å²) >= 11 is 3.44. The molecular weight excluding hydrogens is 378 g/mol. The van der Waals surface area contributed by atoms with Crippen LogP contribution in [-0.4, -0.2) is 42.0 Å². The molecule has 5 heteroatoms. The average molecular weight is 400 g/mol. The van der Waals surface area contributed by atoms with Crippen molar-refractivity contribution in [2.45, 2.75) is 6.54 Å². The van der Waals surface area contributed by atoms with Gasteiger partial charge in [0.05, 0.1) is 0 Å². The van der Waals surface area contributed by atoms with Crippen molar-refractivity contribution in [3.05, 3.63) is 76.4 Å². The lowest BCUT2D eigenvalue weighted by atomic mass is 10.2. The number of carbonyl (C=O) groups excluding carboxylic acids is 1. The lowest BCUT2D eigenvalue weighted by molar-refractivity contribution is 0.137. The van der Waals surface area contributed by atoms with E-state index in [-0.39, 0.29) is 6.03 Å². The number of benzene rings is 2. The second-order valence-corrected chi connectivity index (χ2v) is 7.00. The van der Waals surface area contributed by atoms with Crippen LogP contribution in [0, 0.1) is 0 Å². The van der Waals surface area contributed by atoms with Gasteiger partial charge in [-0.25, -0.2) is 4.79 Å². The van der Waals surface area contributed by atoms with Gasteiger partial charge in [-0.2, -0.15) is 0 Å². The fourth-order valence-electron chi connectivity index (χ4n) is 2.86. The molecule has 0 saturated carbocycles. The second-order valence-electron chi connectivity index (χ2n) is 6.09. The first-order chi connectivity index (χ1) is 12.2. The normalized spacial score (nSPS) is 15.5. The summed E-state index contributed by atoms with van der Waals surface area (Å²) < 4.78 is 1.02. The molecule has 1 heterocycles. The van der Waals surface area contributed by atoms with Crippen LogP contribution < -0.4 is 5.32 Å². The number of amides is 2. The number of carbonyl (C=O) groups is 1. The van der Waals surface area contributed by atoms with Gasteiger partial charge in [0, 0.05) is 43.4 Å². The third-order valence-corrected chi connectivity index (χ3v) is 4.73. The monoisotopic (exact) mass is 399 g/mol. The van der Waals surface area contributed by atoms with E-state index in [0.717, 1.165) is 42.8 Å². The largest absolute Gasteiger partial charge is 0.322 e. The van der Waals surface area contributed by atoms with Crippen LogP contribution in [0.1, 0.15) is 11.1 Å². The molecule has 3 rings (SSSR count). The van der Waals surface area contributed by atoms with E-state index in [4.69, 9.17) is 0 Å². The first kappa shape index (κ1) is 17.7. The molecule has 1 N–H and O–H groups in total. The minimum absolute atomic E-state index is 0.0365. The van der Waals surface area contributed by atoms with Gasteiger partial charge >= 0.3 is 6.03 Å². The molecule has 0 aromatic heterocycles. The molecular formula is C20H22BrN3O. The molecule has 2 aromatic rings. The Morgan fingerprint density at radius 2 is 1.80 bits per heavy atom. The van der Waals surface area contributed by atoms with Crippen LogP contribution >= 0.6 is 15.9 Å². The fraction of sp³-hybridized carbons (Fsp3) is 0.250. The van der Waals surface area contributed by atoms with Crippen molar-refractivity contribution in [2.75, 3.05) is 26.2 Å². The van der Waals surface area contributed by atoms with Crippen LogP contribution in [0.25, 0.3) is 6.08 Å². The summed E-state index contributed by atoms with van der Waals surface area (Å²) in [6, 6.07) is 18.4. The highest BCUT2D eigenvalue weighted by Crippen LogP contribution is 2.12. The first-order valence-corrected chi connectivity index (χ1v) is 9.24. The Balaban J connectivity index is 1.44. The molecule has 0 bridgehead atoms. The number of piperazine rings is 1. The molecule has 0 aliphatic carbocycles. The molecule has 0 radical (unpaired) electrons. The lowest BCUT2D eigenvalue weighted by Gasteiger charge is -2.34. The smallest absolute Gasteiger partial charge is 0.321 e. The van der Waals surface area contributed by atoms with Crippen molar-refractivity contribution in [1.29, 1.82) is 0 Å².